The fraction of sp³-hybridized carbons (Fsp3) is 0.350. The minimum Gasteiger partial charge on any atom is -0.497 e. The summed E-state index contributed by atoms with van der Waals surface area (Å²) in [4.78, 5) is 30.7. The van der Waals surface area contributed by atoms with Crippen LogP contribution in [0.3, 0.4) is 0 Å². The third kappa shape index (κ3) is 4.39. The summed E-state index contributed by atoms with van der Waals surface area (Å²) < 4.78 is 5.20. The molecule has 136 valence electrons. The van der Waals surface area contributed by atoms with Crippen LogP contribution in [0.1, 0.15) is 39.3 Å². The standard InChI is InChI=1S/C20H23N3O3/c1-26-17-6-4-5-15(13-17)7-9-22-19(24)16-8-10-21-18(14-16)20(25)23-11-2-3-12-23/h4-6,8,10,13-14H,2-3,7,9,11-12H2,1H3,(H,22,24). The fourth-order valence-corrected chi connectivity index (χ4v) is 3.02. The number of aromatic nitrogens is 1. The van der Waals surface area contributed by atoms with E-state index in [2.05, 4.69) is 10.3 Å². The van der Waals surface area contributed by atoms with Crippen LogP contribution in [0, 0.1) is 0 Å². The first-order valence-corrected chi connectivity index (χ1v) is 8.84. The van der Waals surface area contributed by atoms with Gasteiger partial charge in [0, 0.05) is 31.4 Å². The van der Waals surface area contributed by atoms with Gasteiger partial charge in [0.05, 0.1) is 7.11 Å². The monoisotopic (exact) mass is 353 g/mol. The van der Waals surface area contributed by atoms with E-state index < -0.39 is 0 Å². The molecule has 1 fully saturated rings. The summed E-state index contributed by atoms with van der Waals surface area (Å²) in [6.07, 6.45) is 4.26. The van der Waals surface area contributed by atoms with Gasteiger partial charge in [0.15, 0.2) is 0 Å². The third-order valence-corrected chi connectivity index (χ3v) is 4.47. The van der Waals surface area contributed by atoms with Crippen molar-refractivity contribution in [2.75, 3.05) is 26.7 Å². The molecule has 1 aliphatic rings. The molecule has 1 aromatic carbocycles. The summed E-state index contributed by atoms with van der Waals surface area (Å²) in [6, 6.07) is 11.0. The number of amides is 2. The normalized spacial score (nSPS) is 13.5. The van der Waals surface area contributed by atoms with Crippen molar-refractivity contribution in [1.29, 1.82) is 0 Å². The molecule has 1 saturated heterocycles. The Hall–Kier alpha value is -2.89. The molecule has 0 saturated carbocycles. The highest BCUT2D eigenvalue weighted by Crippen LogP contribution is 2.14. The SMILES string of the molecule is COc1cccc(CCNC(=O)c2ccnc(C(=O)N3CCCC3)c2)c1. The van der Waals surface area contributed by atoms with Crippen molar-refractivity contribution in [2.24, 2.45) is 0 Å². The number of nitrogens with one attached hydrogen (secondary N) is 1. The van der Waals surface area contributed by atoms with Crippen LogP contribution in [0.4, 0.5) is 0 Å². The van der Waals surface area contributed by atoms with Gasteiger partial charge in [0.1, 0.15) is 11.4 Å². The quantitative estimate of drug-likeness (QED) is 0.865. The highest BCUT2D eigenvalue weighted by molar-refractivity contribution is 5.98. The number of likely N-dealkylation sites (tertiary alicyclic amines) is 1. The molecule has 6 nitrogen and oxygen atoms in total. The van der Waals surface area contributed by atoms with Crippen LogP contribution >= 0.6 is 0 Å². The zero-order valence-corrected chi connectivity index (χ0v) is 14.9. The largest absolute Gasteiger partial charge is 0.497 e. The molecule has 1 N–H and O–H groups in total. The Labute approximate surface area is 153 Å². The molecule has 0 unspecified atom stereocenters. The molecule has 2 heterocycles. The van der Waals surface area contributed by atoms with Gasteiger partial charge < -0.3 is 15.0 Å². The molecule has 6 heteroatoms. The predicted molar refractivity (Wildman–Crippen MR) is 98.4 cm³/mol. The number of carbonyl (C=O) groups excluding carboxylic acids is 2. The average Bonchev–Trinajstić information content (AvgIpc) is 3.22. The molecule has 2 aromatic rings. The molecule has 0 spiro atoms. The first-order valence-electron chi connectivity index (χ1n) is 8.84. The smallest absolute Gasteiger partial charge is 0.272 e. The molecule has 3 rings (SSSR count). The molecule has 1 aromatic heterocycles. The first kappa shape index (κ1) is 17.9. The third-order valence-electron chi connectivity index (χ3n) is 4.47. The number of nitrogens with zero attached hydrogens (tertiary/aromatic N) is 2. The van der Waals surface area contributed by atoms with Gasteiger partial charge in [-0.25, -0.2) is 0 Å². The van der Waals surface area contributed by atoms with Gasteiger partial charge >= 0.3 is 0 Å². The van der Waals surface area contributed by atoms with Gasteiger partial charge in [-0.3, -0.25) is 14.6 Å². The predicted octanol–water partition coefficient (Wildman–Crippen LogP) is 2.30. The number of carbonyl (C=O) groups is 2. The zero-order valence-electron chi connectivity index (χ0n) is 14.9. The number of rotatable bonds is 6. The molecule has 1 aliphatic heterocycles. The Morgan fingerprint density at radius 1 is 1.19 bits per heavy atom. The molecule has 2 amide bonds. The minimum atomic E-state index is -0.203. The van der Waals surface area contributed by atoms with E-state index in [9.17, 15) is 9.59 Å². The summed E-state index contributed by atoms with van der Waals surface area (Å²) >= 11 is 0. The van der Waals surface area contributed by atoms with Gasteiger partial charge in [0.2, 0.25) is 0 Å². The summed E-state index contributed by atoms with van der Waals surface area (Å²) in [6.45, 7) is 2.03. The maximum Gasteiger partial charge on any atom is 0.272 e. The molecular formula is C20H23N3O3. The van der Waals surface area contributed by atoms with E-state index >= 15 is 0 Å². The van der Waals surface area contributed by atoms with Gasteiger partial charge in [-0.2, -0.15) is 0 Å². The van der Waals surface area contributed by atoms with Crippen LogP contribution < -0.4 is 10.1 Å². The summed E-state index contributed by atoms with van der Waals surface area (Å²) in [7, 11) is 1.63. The van der Waals surface area contributed by atoms with Crippen molar-refractivity contribution < 1.29 is 14.3 Å². The van der Waals surface area contributed by atoms with E-state index in [-0.39, 0.29) is 11.8 Å². The number of hydrogen-bond donors (Lipinski definition) is 1. The Morgan fingerprint density at radius 2 is 2.00 bits per heavy atom. The Morgan fingerprint density at radius 3 is 2.77 bits per heavy atom. The van der Waals surface area contributed by atoms with E-state index in [1.807, 2.05) is 24.3 Å². The van der Waals surface area contributed by atoms with Crippen molar-refractivity contribution in [2.45, 2.75) is 19.3 Å². The number of benzene rings is 1. The number of hydrogen-bond acceptors (Lipinski definition) is 4. The zero-order chi connectivity index (χ0) is 18.4. The Kier molecular flexibility index (Phi) is 5.84. The second-order valence-corrected chi connectivity index (χ2v) is 6.29. The maximum absolute atomic E-state index is 12.4. The number of ether oxygens (including phenoxy) is 1. The van der Waals surface area contributed by atoms with E-state index in [0.717, 1.165) is 37.2 Å². The van der Waals surface area contributed by atoms with Crippen molar-refractivity contribution in [3.8, 4) is 5.75 Å². The van der Waals surface area contributed by atoms with Crippen molar-refractivity contribution in [1.82, 2.24) is 15.2 Å². The van der Waals surface area contributed by atoms with Gasteiger partial charge in [-0.1, -0.05) is 12.1 Å². The molecule has 0 atom stereocenters. The fourth-order valence-electron chi connectivity index (χ4n) is 3.02. The highest BCUT2D eigenvalue weighted by atomic mass is 16.5. The van der Waals surface area contributed by atoms with Crippen LogP contribution in [-0.2, 0) is 6.42 Å². The van der Waals surface area contributed by atoms with Gasteiger partial charge in [-0.05, 0) is 49.1 Å². The van der Waals surface area contributed by atoms with Gasteiger partial charge in [-0.15, -0.1) is 0 Å². The number of methoxy groups -OCH3 is 1. The van der Waals surface area contributed by atoms with Crippen molar-refractivity contribution >= 4 is 11.8 Å². The second-order valence-electron chi connectivity index (χ2n) is 6.29. The summed E-state index contributed by atoms with van der Waals surface area (Å²) in [5, 5.41) is 2.89. The average molecular weight is 353 g/mol. The highest BCUT2D eigenvalue weighted by Gasteiger charge is 2.21. The van der Waals surface area contributed by atoms with Crippen LogP contribution in [0.15, 0.2) is 42.6 Å². The van der Waals surface area contributed by atoms with E-state index in [1.165, 1.54) is 6.20 Å². The maximum atomic E-state index is 12.4. The van der Waals surface area contributed by atoms with E-state index in [4.69, 9.17) is 4.74 Å². The lowest BCUT2D eigenvalue weighted by molar-refractivity contribution is 0.0787. The summed E-state index contributed by atoms with van der Waals surface area (Å²) in [5.74, 6) is 0.493. The molecule has 0 aliphatic carbocycles. The molecule has 0 bridgehead atoms. The van der Waals surface area contributed by atoms with Gasteiger partial charge in [0.25, 0.3) is 11.8 Å². The number of pyridine rings is 1. The van der Waals surface area contributed by atoms with Crippen LogP contribution in [0.25, 0.3) is 0 Å². The topological polar surface area (TPSA) is 71.5 Å². The first-order chi connectivity index (χ1) is 12.7. The van der Waals surface area contributed by atoms with E-state index in [0.29, 0.717) is 24.2 Å². The van der Waals surface area contributed by atoms with Crippen LogP contribution in [-0.4, -0.2) is 48.4 Å². The minimum absolute atomic E-state index is 0.103. The van der Waals surface area contributed by atoms with Crippen molar-refractivity contribution in [3.63, 3.8) is 0 Å². The van der Waals surface area contributed by atoms with E-state index in [1.54, 1.807) is 24.1 Å². The Balaban J connectivity index is 1.57. The lowest BCUT2D eigenvalue weighted by Gasteiger charge is -2.14. The molecular weight excluding hydrogens is 330 g/mol. The van der Waals surface area contributed by atoms with Crippen LogP contribution in [0.2, 0.25) is 0 Å². The lowest BCUT2D eigenvalue weighted by atomic mass is 10.1. The Bertz CT molecular complexity index is 785. The molecule has 26 heavy (non-hydrogen) atoms. The van der Waals surface area contributed by atoms with Crippen LogP contribution in [0.5, 0.6) is 5.75 Å². The lowest BCUT2D eigenvalue weighted by Crippen LogP contribution is -2.29. The second kappa shape index (κ2) is 8.47. The van der Waals surface area contributed by atoms with Crippen molar-refractivity contribution in [3.05, 3.63) is 59.4 Å². The molecule has 0 radical (unpaired) electrons. The summed E-state index contributed by atoms with van der Waals surface area (Å²) in [5.41, 5.74) is 1.87.